The van der Waals surface area contributed by atoms with E-state index in [1.165, 1.54) is 4.90 Å². The Labute approximate surface area is 125 Å². The van der Waals surface area contributed by atoms with Crippen LogP contribution in [0.2, 0.25) is 0 Å². The van der Waals surface area contributed by atoms with Crippen molar-refractivity contribution in [1.29, 1.82) is 0 Å². The van der Waals surface area contributed by atoms with Gasteiger partial charge in [0.25, 0.3) is 0 Å². The highest BCUT2D eigenvalue weighted by Crippen LogP contribution is 2.24. The van der Waals surface area contributed by atoms with Gasteiger partial charge in [0.05, 0.1) is 5.92 Å². The van der Waals surface area contributed by atoms with Crippen molar-refractivity contribution in [2.75, 3.05) is 13.1 Å². The van der Waals surface area contributed by atoms with Crippen LogP contribution in [-0.2, 0) is 9.59 Å². The van der Waals surface area contributed by atoms with Gasteiger partial charge in [-0.1, -0.05) is 20.8 Å². The van der Waals surface area contributed by atoms with E-state index in [0.29, 0.717) is 6.42 Å². The Morgan fingerprint density at radius 2 is 1.76 bits per heavy atom. The van der Waals surface area contributed by atoms with E-state index in [9.17, 15) is 19.5 Å². The summed E-state index contributed by atoms with van der Waals surface area (Å²) in [6.45, 7) is 9.17. The van der Waals surface area contributed by atoms with E-state index in [4.69, 9.17) is 5.73 Å². The molecule has 0 bridgehead atoms. The van der Waals surface area contributed by atoms with Gasteiger partial charge in [-0.05, 0) is 25.7 Å². The Morgan fingerprint density at radius 1 is 1.24 bits per heavy atom. The van der Waals surface area contributed by atoms with E-state index in [-0.39, 0.29) is 24.5 Å². The van der Waals surface area contributed by atoms with Crippen molar-refractivity contribution in [1.82, 2.24) is 10.2 Å². The third-order valence-corrected chi connectivity index (χ3v) is 2.92. The van der Waals surface area contributed by atoms with Crippen LogP contribution in [0.3, 0.4) is 0 Å². The van der Waals surface area contributed by atoms with E-state index in [1.807, 2.05) is 20.8 Å². The number of urea groups is 1. The fourth-order valence-corrected chi connectivity index (χ4v) is 1.95. The quantitative estimate of drug-likeness (QED) is 0.651. The monoisotopic (exact) mass is 301 g/mol. The molecule has 0 spiro atoms. The first-order chi connectivity index (χ1) is 9.44. The van der Waals surface area contributed by atoms with Gasteiger partial charge in [-0.2, -0.15) is 0 Å². The number of rotatable bonds is 7. The molecule has 0 saturated heterocycles. The van der Waals surface area contributed by atoms with E-state index in [1.54, 1.807) is 13.8 Å². The van der Waals surface area contributed by atoms with Crippen LogP contribution < -0.4 is 11.1 Å². The second-order valence-corrected chi connectivity index (χ2v) is 6.67. The molecule has 0 aliphatic heterocycles. The zero-order valence-electron chi connectivity index (χ0n) is 13.5. The number of nitrogens with zero attached hydrogens (tertiary/aromatic N) is 1. The summed E-state index contributed by atoms with van der Waals surface area (Å²) in [5.74, 6) is -2.23. The Bertz CT molecular complexity index is 388. The summed E-state index contributed by atoms with van der Waals surface area (Å²) >= 11 is 0. The molecular weight excluding hydrogens is 274 g/mol. The average molecular weight is 301 g/mol. The van der Waals surface area contributed by atoms with Crippen molar-refractivity contribution in [2.24, 2.45) is 17.1 Å². The third-order valence-electron chi connectivity index (χ3n) is 2.92. The van der Waals surface area contributed by atoms with Gasteiger partial charge >= 0.3 is 12.0 Å². The summed E-state index contributed by atoms with van der Waals surface area (Å²) in [6, 6.07) is -0.688. The molecule has 0 radical (unpaired) electrons. The molecule has 0 rings (SSSR count). The topological polar surface area (TPSA) is 113 Å². The summed E-state index contributed by atoms with van der Waals surface area (Å²) in [4.78, 5) is 35.5. The lowest BCUT2D eigenvalue weighted by atomic mass is 9.84. The first-order valence-electron chi connectivity index (χ1n) is 6.99. The molecule has 122 valence electrons. The lowest BCUT2D eigenvalue weighted by Crippen LogP contribution is -2.49. The number of amides is 3. The molecule has 21 heavy (non-hydrogen) atoms. The van der Waals surface area contributed by atoms with Crippen LogP contribution in [0, 0.1) is 11.3 Å². The molecule has 4 N–H and O–H groups in total. The molecule has 7 nitrogen and oxygen atoms in total. The van der Waals surface area contributed by atoms with Crippen molar-refractivity contribution >= 4 is 17.9 Å². The summed E-state index contributed by atoms with van der Waals surface area (Å²) in [5.41, 5.74) is 4.95. The first-order valence-corrected chi connectivity index (χ1v) is 6.99. The van der Waals surface area contributed by atoms with Gasteiger partial charge in [0, 0.05) is 12.6 Å². The molecule has 0 aliphatic carbocycles. The van der Waals surface area contributed by atoms with Gasteiger partial charge in [-0.25, -0.2) is 4.79 Å². The Balaban J connectivity index is 4.66. The molecule has 0 fully saturated rings. The Morgan fingerprint density at radius 3 is 2.10 bits per heavy atom. The zero-order valence-corrected chi connectivity index (χ0v) is 13.5. The van der Waals surface area contributed by atoms with Crippen molar-refractivity contribution < 1.29 is 19.5 Å². The fourth-order valence-electron chi connectivity index (χ4n) is 1.95. The number of carboxylic acid groups (broad SMARTS) is 1. The predicted octanol–water partition coefficient (Wildman–Crippen LogP) is 1.03. The van der Waals surface area contributed by atoms with Gasteiger partial charge in [-0.3, -0.25) is 9.59 Å². The molecule has 1 unspecified atom stereocenters. The fraction of sp³-hybridized carbons (Fsp3) is 0.786. The number of nitrogens with two attached hydrogens (primary N) is 1. The second kappa shape index (κ2) is 7.85. The van der Waals surface area contributed by atoms with Crippen LogP contribution in [0.15, 0.2) is 0 Å². The van der Waals surface area contributed by atoms with Crippen molar-refractivity contribution in [3.63, 3.8) is 0 Å². The molecule has 0 aromatic carbocycles. The number of carboxylic acids is 1. The van der Waals surface area contributed by atoms with Gasteiger partial charge < -0.3 is 21.1 Å². The number of hydrogen-bond donors (Lipinski definition) is 3. The number of aliphatic carboxylic acids is 1. The minimum atomic E-state index is -0.948. The zero-order chi connectivity index (χ0) is 16.8. The van der Waals surface area contributed by atoms with E-state index in [2.05, 4.69) is 5.32 Å². The highest BCUT2D eigenvalue weighted by molar-refractivity contribution is 5.83. The smallest absolute Gasteiger partial charge is 0.318 e. The van der Waals surface area contributed by atoms with Crippen LogP contribution in [0.25, 0.3) is 0 Å². The van der Waals surface area contributed by atoms with Gasteiger partial charge in [0.15, 0.2) is 0 Å². The normalized spacial score (nSPS) is 12.9. The van der Waals surface area contributed by atoms with Crippen LogP contribution in [-0.4, -0.2) is 47.0 Å². The third kappa shape index (κ3) is 8.16. The number of primary amides is 1. The highest BCUT2D eigenvalue weighted by Gasteiger charge is 2.26. The summed E-state index contributed by atoms with van der Waals surface area (Å²) in [5, 5.41) is 11.8. The number of nitrogens with one attached hydrogen (secondary N) is 1. The largest absolute Gasteiger partial charge is 0.481 e. The highest BCUT2D eigenvalue weighted by atomic mass is 16.4. The summed E-state index contributed by atoms with van der Waals surface area (Å²) < 4.78 is 0. The molecule has 3 amide bonds. The van der Waals surface area contributed by atoms with Crippen LogP contribution in [0.4, 0.5) is 4.79 Å². The Kier molecular flexibility index (Phi) is 7.18. The van der Waals surface area contributed by atoms with E-state index < -0.39 is 23.8 Å². The van der Waals surface area contributed by atoms with Crippen LogP contribution >= 0.6 is 0 Å². The van der Waals surface area contributed by atoms with Gasteiger partial charge in [0.1, 0.15) is 6.54 Å². The summed E-state index contributed by atoms with van der Waals surface area (Å²) in [6.07, 6.45) is 0.445. The molecular formula is C14H27N3O4. The molecule has 0 saturated carbocycles. The minimum Gasteiger partial charge on any atom is -0.481 e. The first kappa shape index (κ1) is 19.2. The predicted molar refractivity (Wildman–Crippen MR) is 79.6 cm³/mol. The number of carbonyl (C=O) groups excluding carboxylic acids is 2. The maximum absolute atomic E-state index is 12.0. The standard InChI is InChI=1S/C14H27N3O4/c1-9(2)17(8-11(15)18)13(21)16-7-10(12(19)20)6-14(3,4)5/h9-10H,6-8H2,1-5H3,(H2,15,18)(H,16,21)(H,19,20). The number of carbonyl (C=O) groups is 3. The summed E-state index contributed by atoms with van der Waals surface area (Å²) in [7, 11) is 0. The maximum atomic E-state index is 12.0. The molecule has 7 heteroatoms. The second-order valence-electron chi connectivity index (χ2n) is 6.67. The minimum absolute atomic E-state index is 0.0212. The van der Waals surface area contributed by atoms with E-state index in [0.717, 1.165) is 0 Å². The molecule has 1 atom stereocenters. The van der Waals surface area contributed by atoms with Crippen LogP contribution in [0.1, 0.15) is 41.0 Å². The van der Waals surface area contributed by atoms with Crippen molar-refractivity contribution in [3.05, 3.63) is 0 Å². The Hall–Kier alpha value is -1.79. The lowest BCUT2D eigenvalue weighted by Gasteiger charge is -2.27. The lowest BCUT2D eigenvalue weighted by molar-refractivity contribution is -0.142. The van der Waals surface area contributed by atoms with Crippen LogP contribution in [0.5, 0.6) is 0 Å². The molecule has 0 heterocycles. The number of hydrogen-bond acceptors (Lipinski definition) is 3. The molecule has 0 aromatic rings. The maximum Gasteiger partial charge on any atom is 0.318 e. The van der Waals surface area contributed by atoms with Crippen molar-refractivity contribution in [2.45, 2.75) is 47.1 Å². The molecule has 0 aromatic heterocycles. The van der Waals surface area contributed by atoms with Gasteiger partial charge in [0.2, 0.25) is 5.91 Å². The average Bonchev–Trinajstić information content (AvgIpc) is 2.28. The van der Waals surface area contributed by atoms with Gasteiger partial charge in [-0.15, -0.1) is 0 Å². The SMILES string of the molecule is CC(C)N(CC(N)=O)C(=O)NCC(CC(C)(C)C)C(=O)O. The van der Waals surface area contributed by atoms with Crippen molar-refractivity contribution in [3.8, 4) is 0 Å². The van der Waals surface area contributed by atoms with E-state index >= 15 is 0 Å². The molecule has 0 aliphatic rings.